The van der Waals surface area contributed by atoms with Crippen LogP contribution in [0.2, 0.25) is 0 Å². The Balaban J connectivity index is 1.43. The maximum atomic E-state index is 15.3. The molecule has 0 amide bonds. The SMILES string of the molecule is Cc1nc(-c2ccc(N3CCN(CC(C)C)CC3)c(F)c2)cc2c1cc(-c1ccc(S(C)(=O)=O)cc1)n2C. The number of hydrogen-bond acceptors (Lipinski definition) is 5. The van der Waals surface area contributed by atoms with Gasteiger partial charge < -0.3 is 9.47 Å². The predicted molar refractivity (Wildman–Crippen MR) is 153 cm³/mol. The molecular formula is C30H35FN4O2S. The summed E-state index contributed by atoms with van der Waals surface area (Å²) in [5.74, 6) is 0.407. The van der Waals surface area contributed by atoms with Crippen molar-refractivity contribution < 1.29 is 12.8 Å². The molecule has 8 heteroatoms. The Morgan fingerprint density at radius 2 is 1.61 bits per heavy atom. The fourth-order valence-electron chi connectivity index (χ4n) is 5.39. The highest BCUT2D eigenvalue weighted by Gasteiger charge is 2.21. The summed E-state index contributed by atoms with van der Waals surface area (Å²) >= 11 is 0. The number of sulfone groups is 1. The maximum absolute atomic E-state index is 15.3. The van der Waals surface area contributed by atoms with Crippen LogP contribution in [0, 0.1) is 18.7 Å². The van der Waals surface area contributed by atoms with Crippen molar-refractivity contribution in [2.24, 2.45) is 13.0 Å². The Kier molecular flexibility index (Phi) is 7.05. The standard InChI is InChI=1S/C30H35FN4O2S/c1-20(2)19-34-12-14-35(15-13-34)28-11-8-23(16-26(28)31)27-18-30-25(21(3)32-27)17-29(33(30)4)22-6-9-24(10-7-22)38(5,36)37/h6-11,16-18,20H,12-15,19H2,1-5H3. The Morgan fingerprint density at radius 3 is 2.21 bits per heavy atom. The molecule has 38 heavy (non-hydrogen) atoms. The molecule has 1 aliphatic heterocycles. The molecule has 2 aromatic heterocycles. The molecule has 0 atom stereocenters. The van der Waals surface area contributed by atoms with Gasteiger partial charge in [-0.2, -0.15) is 0 Å². The molecule has 1 fully saturated rings. The van der Waals surface area contributed by atoms with E-state index >= 15 is 4.39 Å². The smallest absolute Gasteiger partial charge is 0.175 e. The molecule has 0 spiro atoms. The van der Waals surface area contributed by atoms with E-state index in [4.69, 9.17) is 4.98 Å². The second-order valence-electron chi connectivity index (χ2n) is 10.8. The number of piperazine rings is 1. The number of aromatic nitrogens is 2. The molecule has 0 unspecified atom stereocenters. The zero-order valence-electron chi connectivity index (χ0n) is 22.7. The normalized spacial score (nSPS) is 15.1. The summed E-state index contributed by atoms with van der Waals surface area (Å²) in [6, 6.07) is 16.4. The van der Waals surface area contributed by atoms with Gasteiger partial charge in [0, 0.05) is 68.4 Å². The summed E-state index contributed by atoms with van der Waals surface area (Å²) in [5.41, 5.74) is 5.84. The van der Waals surface area contributed by atoms with Gasteiger partial charge in [-0.05, 0) is 54.8 Å². The highest BCUT2D eigenvalue weighted by molar-refractivity contribution is 7.90. The number of anilines is 1. The Morgan fingerprint density at radius 1 is 0.947 bits per heavy atom. The van der Waals surface area contributed by atoms with Crippen LogP contribution in [0.5, 0.6) is 0 Å². The molecule has 2 aromatic carbocycles. The molecule has 0 bridgehead atoms. The molecular weight excluding hydrogens is 499 g/mol. The molecule has 0 aliphatic carbocycles. The number of fused-ring (bicyclic) bond motifs is 1. The van der Waals surface area contributed by atoms with Gasteiger partial charge in [0.15, 0.2) is 9.84 Å². The quantitative estimate of drug-likeness (QED) is 0.325. The fourth-order valence-corrected chi connectivity index (χ4v) is 6.02. The van der Waals surface area contributed by atoms with E-state index < -0.39 is 9.84 Å². The number of halogens is 1. The topological polar surface area (TPSA) is 58.4 Å². The maximum Gasteiger partial charge on any atom is 0.175 e. The van der Waals surface area contributed by atoms with E-state index in [0.29, 0.717) is 16.5 Å². The highest BCUT2D eigenvalue weighted by atomic mass is 32.2. The molecule has 1 saturated heterocycles. The second kappa shape index (κ2) is 10.2. The lowest BCUT2D eigenvalue weighted by Gasteiger charge is -2.37. The minimum absolute atomic E-state index is 0.224. The first-order valence-corrected chi connectivity index (χ1v) is 14.9. The van der Waals surface area contributed by atoms with E-state index in [-0.39, 0.29) is 5.82 Å². The van der Waals surface area contributed by atoms with Crippen molar-refractivity contribution in [3.63, 3.8) is 0 Å². The first-order valence-electron chi connectivity index (χ1n) is 13.1. The molecule has 5 rings (SSSR count). The minimum Gasteiger partial charge on any atom is -0.367 e. The van der Waals surface area contributed by atoms with Crippen LogP contribution in [-0.4, -0.2) is 61.8 Å². The Bertz CT molecular complexity index is 1590. The fraction of sp³-hybridized carbons (Fsp3) is 0.367. The van der Waals surface area contributed by atoms with Crippen molar-refractivity contribution in [3.05, 3.63) is 66.1 Å². The van der Waals surface area contributed by atoms with Gasteiger partial charge in [0.2, 0.25) is 0 Å². The average Bonchev–Trinajstić information content (AvgIpc) is 3.21. The monoisotopic (exact) mass is 534 g/mol. The largest absolute Gasteiger partial charge is 0.367 e. The van der Waals surface area contributed by atoms with Crippen LogP contribution in [0.15, 0.2) is 59.5 Å². The van der Waals surface area contributed by atoms with Gasteiger partial charge in [0.05, 0.1) is 21.8 Å². The van der Waals surface area contributed by atoms with Crippen molar-refractivity contribution in [1.82, 2.24) is 14.5 Å². The second-order valence-corrected chi connectivity index (χ2v) is 12.8. The summed E-state index contributed by atoms with van der Waals surface area (Å²) in [4.78, 5) is 9.68. The highest BCUT2D eigenvalue weighted by Crippen LogP contribution is 2.33. The van der Waals surface area contributed by atoms with Crippen LogP contribution < -0.4 is 4.90 Å². The van der Waals surface area contributed by atoms with Gasteiger partial charge in [0.1, 0.15) is 5.82 Å². The Hall–Kier alpha value is -3.23. The molecule has 3 heterocycles. The minimum atomic E-state index is -3.25. The van der Waals surface area contributed by atoms with Crippen molar-refractivity contribution in [1.29, 1.82) is 0 Å². The molecule has 0 N–H and O–H groups in total. The van der Waals surface area contributed by atoms with Crippen molar-refractivity contribution in [3.8, 4) is 22.5 Å². The van der Waals surface area contributed by atoms with Crippen LogP contribution in [0.1, 0.15) is 19.5 Å². The zero-order valence-corrected chi connectivity index (χ0v) is 23.5. The van der Waals surface area contributed by atoms with Gasteiger partial charge in [-0.3, -0.25) is 9.88 Å². The van der Waals surface area contributed by atoms with Crippen molar-refractivity contribution in [2.75, 3.05) is 43.9 Å². The summed E-state index contributed by atoms with van der Waals surface area (Å²) < 4.78 is 41.1. The van der Waals surface area contributed by atoms with Gasteiger partial charge in [-0.25, -0.2) is 12.8 Å². The van der Waals surface area contributed by atoms with Gasteiger partial charge in [-0.15, -0.1) is 0 Å². The van der Waals surface area contributed by atoms with Gasteiger partial charge in [-0.1, -0.05) is 32.0 Å². The predicted octanol–water partition coefficient (Wildman–Crippen LogP) is 5.54. The zero-order chi connectivity index (χ0) is 27.2. The first-order chi connectivity index (χ1) is 18.0. The van der Waals surface area contributed by atoms with E-state index in [2.05, 4.69) is 34.3 Å². The first kappa shape index (κ1) is 26.4. The Labute approximate surface area is 224 Å². The molecule has 0 saturated carbocycles. The molecule has 1 aliphatic rings. The van der Waals surface area contributed by atoms with E-state index in [0.717, 1.165) is 71.8 Å². The molecule has 6 nitrogen and oxygen atoms in total. The lowest BCUT2D eigenvalue weighted by Crippen LogP contribution is -2.47. The van der Waals surface area contributed by atoms with Crippen molar-refractivity contribution >= 4 is 26.4 Å². The number of nitrogens with zero attached hydrogens (tertiary/aromatic N) is 4. The third-order valence-electron chi connectivity index (χ3n) is 7.39. The number of pyridine rings is 1. The van der Waals surface area contributed by atoms with E-state index in [1.807, 2.05) is 44.3 Å². The lowest BCUT2D eigenvalue weighted by molar-refractivity contribution is 0.231. The van der Waals surface area contributed by atoms with Crippen LogP contribution in [0.3, 0.4) is 0 Å². The van der Waals surface area contributed by atoms with E-state index in [1.165, 1.54) is 6.26 Å². The molecule has 0 radical (unpaired) electrons. The van der Waals surface area contributed by atoms with Crippen LogP contribution in [0.4, 0.5) is 10.1 Å². The third kappa shape index (κ3) is 5.20. The summed E-state index contributed by atoms with van der Waals surface area (Å²) in [6.07, 6.45) is 1.21. The average molecular weight is 535 g/mol. The number of aryl methyl sites for hydroxylation is 2. The number of rotatable bonds is 6. The summed E-state index contributed by atoms with van der Waals surface area (Å²) in [5, 5.41) is 1.01. The lowest BCUT2D eigenvalue weighted by atomic mass is 10.1. The van der Waals surface area contributed by atoms with Gasteiger partial charge >= 0.3 is 0 Å². The van der Waals surface area contributed by atoms with Crippen molar-refractivity contribution in [2.45, 2.75) is 25.7 Å². The number of hydrogen-bond donors (Lipinski definition) is 0. The summed E-state index contributed by atoms with van der Waals surface area (Å²) in [6.45, 7) is 11.0. The number of benzene rings is 2. The summed E-state index contributed by atoms with van der Waals surface area (Å²) in [7, 11) is -1.27. The van der Waals surface area contributed by atoms with Crippen LogP contribution in [-0.2, 0) is 16.9 Å². The van der Waals surface area contributed by atoms with E-state index in [9.17, 15) is 8.42 Å². The molecule has 200 valence electrons. The van der Waals surface area contributed by atoms with Crippen LogP contribution in [0.25, 0.3) is 33.4 Å². The van der Waals surface area contributed by atoms with Gasteiger partial charge in [0.25, 0.3) is 0 Å². The van der Waals surface area contributed by atoms with E-state index in [1.54, 1.807) is 18.2 Å². The third-order valence-corrected chi connectivity index (χ3v) is 8.52. The molecule has 4 aromatic rings. The van der Waals surface area contributed by atoms with Crippen LogP contribution >= 0.6 is 0 Å².